The van der Waals surface area contributed by atoms with Gasteiger partial charge in [-0.3, -0.25) is 4.79 Å². The number of hydrogen-bond acceptors (Lipinski definition) is 3. The third-order valence-electron chi connectivity index (χ3n) is 5.00. The molecule has 128 valence electrons. The summed E-state index contributed by atoms with van der Waals surface area (Å²) in [6.45, 7) is 2.87. The summed E-state index contributed by atoms with van der Waals surface area (Å²) in [6.07, 6.45) is 5.10. The molecule has 1 atom stereocenters. The molecule has 3 rings (SSSR count). The summed E-state index contributed by atoms with van der Waals surface area (Å²) >= 11 is 0. The van der Waals surface area contributed by atoms with E-state index in [0.29, 0.717) is 11.9 Å². The van der Waals surface area contributed by atoms with Crippen LogP contribution >= 0.6 is 12.4 Å². The Bertz CT molecular complexity index is 517. The molecule has 0 aromatic heterocycles. The fourth-order valence-electron chi connectivity index (χ4n) is 3.77. The molecule has 2 aliphatic rings. The van der Waals surface area contributed by atoms with Crippen LogP contribution in [0.3, 0.4) is 0 Å². The summed E-state index contributed by atoms with van der Waals surface area (Å²) in [5, 5.41) is 3.34. The number of rotatable bonds is 4. The van der Waals surface area contributed by atoms with Crippen molar-refractivity contribution in [1.29, 1.82) is 0 Å². The molecule has 4 nitrogen and oxygen atoms in total. The molecule has 0 spiro atoms. The molecule has 1 aromatic rings. The molecule has 1 amide bonds. The van der Waals surface area contributed by atoms with Gasteiger partial charge < -0.3 is 15.0 Å². The molecule has 23 heavy (non-hydrogen) atoms. The van der Waals surface area contributed by atoms with E-state index in [-0.39, 0.29) is 18.3 Å². The molecule has 0 radical (unpaired) electrons. The van der Waals surface area contributed by atoms with E-state index in [4.69, 9.17) is 4.74 Å². The molecular formula is C18H27ClN2O2. The number of carbonyl (C=O) groups excluding carboxylic acids is 1. The molecule has 5 heteroatoms. The first kappa shape index (κ1) is 18.1. The SMILES string of the molecule is COc1ccccc1CC1CCCN1C(=O)C1CCNCC1.Cl. The van der Waals surface area contributed by atoms with E-state index in [2.05, 4.69) is 16.3 Å². The number of halogens is 1. The van der Waals surface area contributed by atoms with Crippen molar-refractivity contribution in [1.82, 2.24) is 10.2 Å². The number of hydrogen-bond donors (Lipinski definition) is 1. The van der Waals surface area contributed by atoms with Gasteiger partial charge in [0.05, 0.1) is 7.11 Å². The van der Waals surface area contributed by atoms with E-state index in [1.54, 1.807) is 7.11 Å². The van der Waals surface area contributed by atoms with Crippen molar-refractivity contribution in [2.24, 2.45) is 5.92 Å². The van der Waals surface area contributed by atoms with E-state index < -0.39 is 0 Å². The molecule has 2 fully saturated rings. The number of likely N-dealkylation sites (tertiary alicyclic amines) is 1. The Labute approximate surface area is 145 Å². The molecule has 0 aliphatic carbocycles. The van der Waals surface area contributed by atoms with Crippen LogP contribution < -0.4 is 10.1 Å². The highest BCUT2D eigenvalue weighted by Crippen LogP contribution is 2.28. The van der Waals surface area contributed by atoms with Gasteiger partial charge in [0.15, 0.2) is 0 Å². The number of piperidine rings is 1. The van der Waals surface area contributed by atoms with Crippen LogP contribution in [0.2, 0.25) is 0 Å². The molecule has 1 unspecified atom stereocenters. The second-order valence-corrected chi connectivity index (χ2v) is 6.37. The number of ether oxygens (including phenoxy) is 1. The zero-order valence-corrected chi connectivity index (χ0v) is 14.6. The maximum absolute atomic E-state index is 12.8. The van der Waals surface area contributed by atoms with E-state index in [9.17, 15) is 4.79 Å². The first-order valence-electron chi connectivity index (χ1n) is 8.42. The lowest BCUT2D eigenvalue weighted by atomic mass is 9.95. The fraction of sp³-hybridized carbons (Fsp3) is 0.611. The van der Waals surface area contributed by atoms with Gasteiger partial charge in [-0.15, -0.1) is 12.4 Å². The van der Waals surface area contributed by atoms with Gasteiger partial charge in [0.2, 0.25) is 5.91 Å². The average Bonchev–Trinajstić information content (AvgIpc) is 3.03. The van der Waals surface area contributed by atoms with Crippen LogP contribution in [0, 0.1) is 5.92 Å². The smallest absolute Gasteiger partial charge is 0.226 e. The van der Waals surface area contributed by atoms with Gasteiger partial charge in [0, 0.05) is 18.5 Å². The number of nitrogens with one attached hydrogen (secondary N) is 1. The molecule has 0 bridgehead atoms. The molecule has 0 saturated carbocycles. The zero-order chi connectivity index (χ0) is 15.4. The van der Waals surface area contributed by atoms with Crippen LogP contribution in [0.4, 0.5) is 0 Å². The van der Waals surface area contributed by atoms with E-state index >= 15 is 0 Å². The first-order valence-corrected chi connectivity index (χ1v) is 8.42. The van der Waals surface area contributed by atoms with Gasteiger partial charge in [0.1, 0.15) is 5.75 Å². The Morgan fingerprint density at radius 3 is 2.74 bits per heavy atom. The van der Waals surface area contributed by atoms with Crippen molar-refractivity contribution in [3.63, 3.8) is 0 Å². The second kappa shape index (κ2) is 8.55. The van der Waals surface area contributed by atoms with Gasteiger partial charge in [-0.25, -0.2) is 0 Å². The summed E-state index contributed by atoms with van der Waals surface area (Å²) in [4.78, 5) is 15.0. The number of carbonyl (C=O) groups is 1. The Morgan fingerprint density at radius 1 is 1.26 bits per heavy atom. The minimum Gasteiger partial charge on any atom is -0.496 e. The Kier molecular flexibility index (Phi) is 6.72. The van der Waals surface area contributed by atoms with Gasteiger partial charge in [0.25, 0.3) is 0 Å². The van der Waals surface area contributed by atoms with Crippen molar-refractivity contribution >= 4 is 18.3 Å². The molecule has 1 aromatic carbocycles. The lowest BCUT2D eigenvalue weighted by Gasteiger charge is -2.31. The van der Waals surface area contributed by atoms with Crippen LogP contribution in [0.15, 0.2) is 24.3 Å². The van der Waals surface area contributed by atoms with Crippen molar-refractivity contribution in [2.75, 3.05) is 26.7 Å². The van der Waals surface area contributed by atoms with Crippen molar-refractivity contribution in [3.8, 4) is 5.75 Å². The summed E-state index contributed by atoms with van der Waals surface area (Å²) in [5.41, 5.74) is 1.21. The van der Waals surface area contributed by atoms with Crippen molar-refractivity contribution < 1.29 is 9.53 Å². The maximum atomic E-state index is 12.8. The normalized spacial score (nSPS) is 21.8. The highest BCUT2D eigenvalue weighted by Gasteiger charge is 2.33. The lowest BCUT2D eigenvalue weighted by Crippen LogP contribution is -2.43. The summed E-state index contributed by atoms with van der Waals surface area (Å²) < 4.78 is 5.46. The van der Waals surface area contributed by atoms with E-state index in [0.717, 1.165) is 57.5 Å². The molecule has 2 heterocycles. The number of benzene rings is 1. The number of nitrogens with zero attached hydrogens (tertiary/aromatic N) is 1. The van der Waals surface area contributed by atoms with Crippen LogP contribution in [0.1, 0.15) is 31.2 Å². The van der Waals surface area contributed by atoms with Crippen LogP contribution in [0.25, 0.3) is 0 Å². The largest absolute Gasteiger partial charge is 0.496 e. The standard InChI is InChI=1S/C18H26N2O2.ClH/c1-22-17-7-3-2-5-15(17)13-16-6-4-12-20(16)18(21)14-8-10-19-11-9-14;/h2-3,5,7,14,16,19H,4,6,8-13H2,1H3;1H. The summed E-state index contributed by atoms with van der Waals surface area (Å²) in [7, 11) is 1.71. The molecule has 2 aliphatic heterocycles. The highest BCUT2D eigenvalue weighted by atomic mass is 35.5. The van der Waals surface area contributed by atoms with Gasteiger partial charge in [-0.2, -0.15) is 0 Å². The fourth-order valence-corrected chi connectivity index (χ4v) is 3.77. The molecular weight excluding hydrogens is 312 g/mol. The van der Waals surface area contributed by atoms with Gasteiger partial charge >= 0.3 is 0 Å². The Hall–Kier alpha value is -1.26. The lowest BCUT2D eigenvalue weighted by molar-refractivity contribution is -0.137. The van der Waals surface area contributed by atoms with Crippen molar-refractivity contribution in [3.05, 3.63) is 29.8 Å². The number of amides is 1. The Balaban J connectivity index is 0.00000192. The third kappa shape index (κ3) is 4.18. The Morgan fingerprint density at radius 2 is 2.00 bits per heavy atom. The highest BCUT2D eigenvalue weighted by molar-refractivity contribution is 5.85. The topological polar surface area (TPSA) is 41.6 Å². The predicted octanol–water partition coefficient (Wildman–Crippen LogP) is 2.65. The average molecular weight is 339 g/mol. The molecule has 2 saturated heterocycles. The summed E-state index contributed by atoms with van der Waals surface area (Å²) in [5.74, 6) is 1.53. The van der Waals surface area contributed by atoms with Crippen LogP contribution in [-0.2, 0) is 11.2 Å². The quantitative estimate of drug-likeness (QED) is 0.917. The molecule has 1 N–H and O–H groups in total. The maximum Gasteiger partial charge on any atom is 0.226 e. The number of methoxy groups -OCH3 is 1. The predicted molar refractivity (Wildman–Crippen MR) is 94.3 cm³/mol. The first-order chi connectivity index (χ1) is 10.8. The van der Waals surface area contributed by atoms with E-state index in [1.165, 1.54) is 5.56 Å². The van der Waals surface area contributed by atoms with Crippen LogP contribution in [-0.4, -0.2) is 43.6 Å². The van der Waals surface area contributed by atoms with Crippen molar-refractivity contribution in [2.45, 2.75) is 38.1 Å². The summed E-state index contributed by atoms with van der Waals surface area (Å²) in [6, 6.07) is 8.49. The second-order valence-electron chi connectivity index (χ2n) is 6.37. The van der Waals surface area contributed by atoms with Gasteiger partial charge in [-0.05, 0) is 56.8 Å². The minimum absolute atomic E-state index is 0. The van der Waals surface area contributed by atoms with E-state index in [1.807, 2.05) is 18.2 Å². The monoisotopic (exact) mass is 338 g/mol. The third-order valence-corrected chi connectivity index (χ3v) is 5.00. The van der Waals surface area contributed by atoms with Gasteiger partial charge in [-0.1, -0.05) is 18.2 Å². The number of para-hydroxylation sites is 1. The zero-order valence-electron chi connectivity index (χ0n) is 13.8. The minimum atomic E-state index is 0. The van der Waals surface area contributed by atoms with Crippen LogP contribution in [0.5, 0.6) is 5.75 Å².